The van der Waals surface area contributed by atoms with E-state index < -0.39 is 73.4 Å². The normalized spacial score (nSPS) is 13.1. The molecule has 59 heavy (non-hydrogen) atoms. The van der Waals surface area contributed by atoms with Crippen LogP contribution in [0.4, 0.5) is 0 Å². The van der Waals surface area contributed by atoms with Gasteiger partial charge in [0.25, 0.3) is 20.2 Å². The SMILES string of the molecule is CCCCC(CC)COC(=O)CC(C(=O)OCC(CC)CCCC)S(=O)(=O)O.CCCCCCCCCCCCOC(=O)C(CC(=O)O)S(=O)(=O)O.CNCC(=O)O.[H-].[Na+]. The van der Waals surface area contributed by atoms with Crippen LogP contribution in [0, 0.1) is 11.8 Å². The van der Waals surface area contributed by atoms with Gasteiger partial charge in [-0.05, 0) is 38.1 Å². The van der Waals surface area contributed by atoms with Crippen molar-refractivity contribution >= 4 is 50.1 Å². The maximum absolute atomic E-state index is 12.2. The summed E-state index contributed by atoms with van der Waals surface area (Å²) in [5, 5.41) is 14.9. The molecule has 0 rings (SSSR count). The third-order valence-corrected chi connectivity index (χ3v) is 11.2. The van der Waals surface area contributed by atoms with Gasteiger partial charge in [0.05, 0.1) is 39.2 Å². The van der Waals surface area contributed by atoms with Crippen molar-refractivity contribution in [3.63, 3.8) is 0 Å². The van der Waals surface area contributed by atoms with Gasteiger partial charge in [0.1, 0.15) is 0 Å². The van der Waals surface area contributed by atoms with Crippen molar-refractivity contribution in [3.8, 4) is 0 Å². The molecule has 20 heteroatoms. The van der Waals surface area contributed by atoms with Gasteiger partial charge in [-0.15, -0.1) is 0 Å². The van der Waals surface area contributed by atoms with Gasteiger partial charge in [-0.3, -0.25) is 33.1 Å². The molecule has 0 heterocycles. The molecule has 4 atom stereocenters. The van der Waals surface area contributed by atoms with E-state index >= 15 is 0 Å². The molecule has 0 aromatic heterocycles. The van der Waals surface area contributed by atoms with Gasteiger partial charge in [-0.1, -0.05) is 131 Å². The predicted octanol–water partition coefficient (Wildman–Crippen LogP) is 3.74. The average Bonchev–Trinajstić information content (AvgIpc) is 3.14. The number of hydrogen-bond acceptors (Lipinski definition) is 13. The van der Waals surface area contributed by atoms with Crippen LogP contribution in [0.25, 0.3) is 0 Å². The minimum Gasteiger partial charge on any atom is -1.00 e. The number of likely N-dealkylation sites (N-methyl/N-ethyl adjacent to an activating group) is 1. The van der Waals surface area contributed by atoms with E-state index in [1.807, 2.05) is 13.8 Å². The number of carbonyl (C=O) groups is 5. The summed E-state index contributed by atoms with van der Waals surface area (Å²) in [5.74, 6) is -5.13. The molecule has 0 aliphatic carbocycles. The topological polar surface area (TPSA) is 274 Å². The van der Waals surface area contributed by atoms with Crippen molar-refractivity contribution in [1.29, 1.82) is 0 Å². The third-order valence-electron chi connectivity index (χ3n) is 9.06. The summed E-state index contributed by atoms with van der Waals surface area (Å²) in [4.78, 5) is 55.8. The van der Waals surface area contributed by atoms with Crippen LogP contribution in [-0.2, 0) is 58.4 Å². The summed E-state index contributed by atoms with van der Waals surface area (Å²) < 4.78 is 78.4. The van der Waals surface area contributed by atoms with E-state index in [0.717, 1.165) is 70.6 Å². The Kier molecular flexibility index (Phi) is 43.5. The van der Waals surface area contributed by atoms with Crippen LogP contribution in [0.1, 0.15) is 164 Å². The summed E-state index contributed by atoms with van der Waals surface area (Å²) in [6.07, 6.45) is 16.8. The largest absolute Gasteiger partial charge is 1.00 e. The standard InChI is InChI=1S/C20H38O7S.C16H30O7S.C3H7NO2.Na.H/c1-5-9-11-16(7-3)14-26-19(21)13-18(28(23,24)25)20(22)27-15-17(8-4)12-10-6-2;1-2-3-4-5-6-7-8-9-10-11-12-23-16(19)14(13-15(17)18)24(20,21)22;1-4-2-3(5)6;;/h16-18H,5-15H2,1-4H3,(H,23,24,25);14H,2-13H2,1H3,(H,17,18)(H,20,21,22);4H,2H2,1H3,(H,5,6);;/q;;;+1;-1. The first-order valence-electron chi connectivity index (χ1n) is 20.7. The molecule has 0 radical (unpaired) electrons. The minimum atomic E-state index is -4.78. The Morgan fingerprint density at radius 3 is 1.31 bits per heavy atom. The molecular weight excluding hydrogens is 826 g/mol. The molecule has 0 aliphatic heterocycles. The van der Waals surface area contributed by atoms with Crippen LogP contribution < -0.4 is 34.9 Å². The average molecular weight is 902 g/mol. The number of carbonyl (C=O) groups excluding carboxylic acids is 3. The quantitative estimate of drug-likeness (QED) is 0.0206. The summed E-state index contributed by atoms with van der Waals surface area (Å²) in [5.41, 5.74) is 0. The number of unbranched alkanes of at least 4 members (excludes halogenated alkanes) is 11. The van der Waals surface area contributed by atoms with Crippen molar-refractivity contribution in [1.82, 2.24) is 5.32 Å². The molecule has 0 saturated carbocycles. The van der Waals surface area contributed by atoms with Gasteiger partial charge >= 0.3 is 59.4 Å². The molecule has 0 amide bonds. The second-order valence-electron chi connectivity index (χ2n) is 14.2. The molecule has 0 aromatic carbocycles. The van der Waals surface area contributed by atoms with E-state index in [4.69, 9.17) is 29.0 Å². The van der Waals surface area contributed by atoms with Crippen LogP contribution >= 0.6 is 0 Å². The second-order valence-corrected chi connectivity index (χ2v) is 17.4. The fraction of sp³-hybridized carbons (Fsp3) is 0.872. The van der Waals surface area contributed by atoms with Gasteiger partial charge in [0.15, 0.2) is 10.5 Å². The Balaban J connectivity index is -0.000000289. The molecule has 4 unspecified atom stereocenters. The number of ether oxygens (including phenoxy) is 3. The van der Waals surface area contributed by atoms with Gasteiger partial charge in [-0.25, -0.2) is 0 Å². The molecule has 0 aromatic rings. The molecule has 0 saturated heterocycles. The first-order chi connectivity index (χ1) is 27.2. The van der Waals surface area contributed by atoms with Crippen molar-refractivity contribution in [2.45, 2.75) is 174 Å². The minimum absolute atomic E-state index is 0. The number of aliphatic carboxylic acids is 2. The number of hydrogen-bond donors (Lipinski definition) is 5. The molecule has 0 fully saturated rings. The molecular formula is C39H76NNaO16S2. The van der Waals surface area contributed by atoms with Crippen LogP contribution in [0.5, 0.6) is 0 Å². The summed E-state index contributed by atoms with van der Waals surface area (Å²) >= 11 is 0. The molecule has 5 N–H and O–H groups in total. The van der Waals surface area contributed by atoms with Crippen molar-refractivity contribution in [3.05, 3.63) is 0 Å². The smallest absolute Gasteiger partial charge is 1.00 e. The van der Waals surface area contributed by atoms with E-state index in [1.54, 1.807) is 7.05 Å². The van der Waals surface area contributed by atoms with Crippen LogP contribution in [0.3, 0.4) is 0 Å². The summed E-state index contributed by atoms with van der Waals surface area (Å²) in [6, 6.07) is 0. The molecule has 0 bridgehead atoms. The first kappa shape index (κ1) is 63.8. The fourth-order valence-corrected chi connectivity index (χ4v) is 6.62. The molecule has 0 spiro atoms. The van der Waals surface area contributed by atoms with E-state index in [9.17, 15) is 45.4 Å². The maximum atomic E-state index is 12.2. The predicted molar refractivity (Wildman–Crippen MR) is 222 cm³/mol. The number of carboxylic acids is 2. The number of rotatable bonds is 33. The summed E-state index contributed by atoms with van der Waals surface area (Å²) in [7, 11) is -7.95. The van der Waals surface area contributed by atoms with Crippen molar-refractivity contribution < 1.29 is 105 Å². The Morgan fingerprint density at radius 2 is 0.949 bits per heavy atom. The van der Waals surface area contributed by atoms with Crippen LogP contribution in [0.15, 0.2) is 0 Å². The zero-order chi connectivity index (χ0) is 45.0. The number of esters is 3. The molecule has 346 valence electrons. The monoisotopic (exact) mass is 901 g/mol. The van der Waals surface area contributed by atoms with Gasteiger partial charge < -0.3 is 31.2 Å². The maximum Gasteiger partial charge on any atom is 1.00 e. The Hall–Kier alpha value is -1.87. The van der Waals surface area contributed by atoms with E-state index in [0.29, 0.717) is 6.42 Å². The van der Waals surface area contributed by atoms with Crippen molar-refractivity contribution in [2.24, 2.45) is 11.8 Å². The second kappa shape index (κ2) is 40.2. The number of nitrogens with one attached hydrogen (secondary N) is 1. The van der Waals surface area contributed by atoms with Crippen LogP contribution in [0.2, 0.25) is 0 Å². The Bertz CT molecular complexity index is 1340. The zero-order valence-corrected chi connectivity index (χ0v) is 40.4. The van der Waals surface area contributed by atoms with Gasteiger partial charge in [-0.2, -0.15) is 16.8 Å². The van der Waals surface area contributed by atoms with Gasteiger partial charge in [0.2, 0.25) is 0 Å². The Labute approximate surface area is 377 Å². The number of carboxylic acid groups (broad SMARTS) is 2. The molecule has 17 nitrogen and oxygen atoms in total. The summed E-state index contributed by atoms with van der Waals surface area (Å²) in [6.45, 7) is 10.6. The zero-order valence-electron chi connectivity index (χ0n) is 37.8. The van der Waals surface area contributed by atoms with E-state index in [-0.39, 0.29) is 69.2 Å². The molecule has 0 aliphatic rings. The van der Waals surface area contributed by atoms with E-state index in [1.165, 1.54) is 38.5 Å². The first-order valence-corrected chi connectivity index (χ1v) is 23.7. The van der Waals surface area contributed by atoms with E-state index in [2.05, 4.69) is 26.1 Å². The third kappa shape index (κ3) is 40.0. The van der Waals surface area contributed by atoms with Crippen molar-refractivity contribution in [2.75, 3.05) is 33.4 Å². The van der Waals surface area contributed by atoms with Crippen LogP contribution in [-0.4, -0.2) is 110 Å². The fourth-order valence-electron chi connectivity index (χ4n) is 5.30. The Morgan fingerprint density at radius 1 is 0.559 bits per heavy atom. The van der Waals surface area contributed by atoms with Gasteiger partial charge in [0, 0.05) is 0 Å².